The summed E-state index contributed by atoms with van der Waals surface area (Å²) >= 11 is 6.58. The van der Waals surface area contributed by atoms with Crippen molar-refractivity contribution in [2.24, 2.45) is 5.92 Å². The third-order valence-corrected chi connectivity index (χ3v) is 7.31. The first-order chi connectivity index (χ1) is 16.4. The van der Waals surface area contributed by atoms with E-state index in [9.17, 15) is 23.8 Å². The van der Waals surface area contributed by atoms with Crippen molar-refractivity contribution in [3.05, 3.63) is 34.5 Å². The predicted molar refractivity (Wildman–Crippen MR) is 130 cm³/mol. The number of aliphatic hydroxyl groups is 2. The molecule has 3 N–H and O–H groups in total. The second kappa shape index (κ2) is 10.8. The molecule has 1 fully saturated rings. The highest BCUT2D eigenvalue weighted by molar-refractivity contribution is 6.36. The summed E-state index contributed by atoms with van der Waals surface area (Å²) in [6, 6.07) is 4.49. The number of aromatic nitrogens is 2. The van der Waals surface area contributed by atoms with Gasteiger partial charge in [0.2, 0.25) is 0 Å². The van der Waals surface area contributed by atoms with Crippen LogP contribution in [0.25, 0.3) is 11.3 Å². The van der Waals surface area contributed by atoms with Crippen LogP contribution in [0.5, 0.6) is 5.75 Å². The standard InChI is InChI=1S/C25H34ClF2N3O4/c1-5-24(4,33)16-7-8-17(18(13-16)35-23(27)28)21-19(26)20(30-31(21)6-2)22(32)29-14-25(34)11-9-15(3)10-12-25/h7-8,13,15,23,33-34H,5-6,9-12,14H2,1-4H3,(H,29,32)/t15?,24-,25?/m1/s1. The van der Waals surface area contributed by atoms with Crippen molar-refractivity contribution in [3.8, 4) is 17.0 Å². The maximum atomic E-state index is 13.3. The van der Waals surface area contributed by atoms with Gasteiger partial charge in [-0.2, -0.15) is 13.9 Å². The van der Waals surface area contributed by atoms with Crippen LogP contribution in [0.4, 0.5) is 8.78 Å². The second-order valence-electron chi connectivity index (χ2n) is 9.63. The minimum absolute atomic E-state index is 0.0114. The van der Waals surface area contributed by atoms with Gasteiger partial charge in [-0.1, -0.05) is 31.5 Å². The van der Waals surface area contributed by atoms with E-state index in [1.165, 1.54) is 16.8 Å². The first-order valence-electron chi connectivity index (χ1n) is 12.0. The summed E-state index contributed by atoms with van der Waals surface area (Å²) in [7, 11) is 0. The molecule has 3 rings (SSSR count). The van der Waals surface area contributed by atoms with Crippen LogP contribution in [0.2, 0.25) is 5.02 Å². The molecule has 0 bridgehead atoms. The maximum absolute atomic E-state index is 13.3. The van der Waals surface area contributed by atoms with Gasteiger partial charge in [-0.15, -0.1) is 0 Å². The Morgan fingerprint density at radius 3 is 2.60 bits per heavy atom. The number of carbonyl (C=O) groups excluding carboxylic acids is 1. The van der Waals surface area contributed by atoms with E-state index < -0.39 is 23.7 Å². The van der Waals surface area contributed by atoms with Crippen LogP contribution in [-0.4, -0.2) is 44.7 Å². The molecular weight excluding hydrogens is 480 g/mol. The summed E-state index contributed by atoms with van der Waals surface area (Å²) in [6.45, 7) is 4.56. The molecule has 1 aromatic heterocycles. The van der Waals surface area contributed by atoms with Crippen LogP contribution in [0.1, 0.15) is 75.9 Å². The lowest BCUT2D eigenvalue weighted by Gasteiger charge is -2.34. The van der Waals surface area contributed by atoms with Crippen LogP contribution in [0.3, 0.4) is 0 Å². The Kier molecular flexibility index (Phi) is 8.44. The molecule has 0 spiro atoms. The second-order valence-corrected chi connectivity index (χ2v) is 10.0. The van der Waals surface area contributed by atoms with Crippen molar-refractivity contribution in [2.75, 3.05) is 6.54 Å². The summed E-state index contributed by atoms with van der Waals surface area (Å²) in [4.78, 5) is 12.9. The molecular formula is C25H34ClF2N3O4. The molecule has 1 aliphatic rings. The molecule has 1 aromatic carbocycles. The number of amides is 1. The van der Waals surface area contributed by atoms with Crippen LogP contribution in [-0.2, 0) is 12.1 Å². The quantitative estimate of drug-likeness (QED) is 0.433. The van der Waals surface area contributed by atoms with E-state index in [4.69, 9.17) is 16.3 Å². The van der Waals surface area contributed by atoms with E-state index in [2.05, 4.69) is 17.3 Å². The molecule has 0 aliphatic heterocycles. The Hall–Kier alpha value is -2.23. The predicted octanol–water partition coefficient (Wildman–Crippen LogP) is 5.11. The van der Waals surface area contributed by atoms with E-state index >= 15 is 0 Å². The Morgan fingerprint density at radius 1 is 1.37 bits per heavy atom. The van der Waals surface area contributed by atoms with E-state index in [1.54, 1.807) is 26.8 Å². The molecule has 1 amide bonds. The number of carbonyl (C=O) groups is 1. The zero-order valence-electron chi connectivity index (χ0n) is 20.6. The molecule has 1 atom stereocenters. The van der Waals surface area contributed by atoms with Crippen molar-refractivity contribution in [1.82, 2.24) is 15.1 Å². The summed E-state index contributed by atoms with van der Waals surface area (Å²) in [5, 5.41) is 28.4. The van der Waals surface area contributed by atoms with Crippen molar-refractivity contribution in [2.45, 2.75) is 84.2 Å². The van der Waals surface area contributed by atoms with E-state index in [-0.39, 0.29) is 34.3 Å². The topological polar surface area (TPSA) is 96.6 Å². The average Bonchev–Trinajstić information content (AvgIpc) is 3.15. The van der Waals surface area contributed by atoms with Gasteiger partial charge in [0, 0.05) is 18.7 Å². The minimum atomic E-state index is -3.10. The number of hydrogen-bond acceptors (Lipinski definition) is 5. The van der Waals surface area contributed by atoms with E-state index in [1.807, 2.05) is 0 Å². The third-order valence-electron chi connectivity index (χ3n) is 6.96. The first-order valence-corrected chi connectivity index (χ1v) is 12.4. The zero-order chi connectivity index (χ0) is 26.0. The largest absolute Gasteiger partial charge is 0.434 e. The number of ether oxygens (including phenoxy) is 1. The molecule has 194 valence electrons. The van der Waals surface area contributed by atoms with Crippen molar-refractivity contribution in [3.63, 3.8) is 0 Å². The number of benzene rings is 1. The van der Waals surface area contributed by atoms with Crippen molar-refractivity contribution >= 4 is 17.5 Å². The zero-order valence-corrected chi connectivity index (χ0v) is 21.3. The summed E-state index contributed by atoms with van der Waals surface area (Å²) < 4.78 is 32.7. The van der Waals surface area contributed by atoms with Gasteiger partial charge >= 0.3 is 6.61 Å². The van der Waals surface area contributed by atoms with Gasteiger partial charge in [0.1, 0.15) is 5.75 Å². The third kappa shape index (κ3) is 6.13. The number of alkyl halides is 2. The number of nitrogens with one attached hydrogen (secondary N) is 1. The number of rotatable bonds is 9. The first kappa shape index (κ1) is 27.4. The summed E-state index contributed by atoms with van der Waals surface area (Å²) in [5.74, 6) is -0.196. The van der Waals surface area contributed by atoms with Gasteiger partial charge in [-0.05, 0) is 69.6 Å². The fraction of sp³-hybridized carbons (Fsp3) is 0.600. The highest BCUT2D eigenvalue weighted by Gasteiger charge is 2.33. The lowest BCUT2D eigenvalue weighted by atomic mass is 9.79. The molecule has 1 aliphatic carbocycles. The number of aryl methyl sites for hydroxylation is 1. The SMILES string of the molecule is CCn1nc(C(=O)NCC2(O)CCC(C)CC2)c(Cl)c1-c1ccc([C@](C)(O)CC)cc1OC(F)F. The van der Waals surface area contributed by atoms with Crippen molar-refractivity contribution < 1.29 is 28.5 Å². The molecule has 1 heterocycles. The number of halogens is 3. The fourth-order valence-electron chi connectivity index (χ4n) is 4.33. The van der Waals surface area contributed by atoms with E-state index in [0.717, 1.165) is 12.8 Å². The molecule has 7 nitrogen and oxygen atoms in total. The molecule has 10 heteroatoms. The van der Waals surface area contributed by atoms with Gasteiger partial charge in [0.05, 0.1) is 21.9 Å². The average molecular weight is 514 g/mol. The molecule has 0 radical (unpaired) electrons. The summed E-state index contributed by atoms with van der Waals surface area (Å²) in [5.41, 5.74) is -1.40. The van der Waals surface area contributed by atoms with Crippen LogP contribution >= 0.6 is 11.6 Å². The Morgan fingerprint density at radius 2 is 2.03 bits per heavy atom. The monoisotopic (exact) mass is 513 g/mol. The fourth-order valence-corrected chi connectivity index (χ4v) is 4.65. The minimum Gasteiger partial charge on any atom is -0.434 e. The summed E-state index contributed by atoms with van der Waals surface area (Å²) in [6.07, 6.45) is 3.33. The number of nitrogens with zero attached hydrogens (tertiary/aromatic N) is 2. The van der Waals surface area contributed by atoms with Gasteiger partial charge in [-0.3, -0.25) is 9.48 Å². The molecule has 35 heavy (non-hydrogen) atoms. The molecule has 1 saturated carbocycles. The normalized spacial score (nSPS) is 22.2. The Balaban J connectivity index is 1.95. The van der Waals surface area contributed by atoms with Crippen LogP contribution in [0.15, 0.2) is 18.2 Å². The van der Waals surface area contributed by atoms with Gasteiger partial charge in [0.15, 0.2) is 5.69 Å². The smallest absolute Gasteiger partial charge is 0.387 e. The van der Waals surface area contributed by atoms with Crippen LogP contribution < -0.4 is 10.1 Å². The Labute approximate surface area is 209 Å². The molecule has 0 unspecified atom stereocenters. The van der Waals surface area contributed by atoms with Gasteiger partial charge in [0.25, 0.3) is 5.91 Å². The van der Waals surface area contributed by atoms with E-state index in [0.29, 0.717) is 37.3 Å². The molecule has 0 saturated heterocycles. The van der Waals surface area contributed by atoms with Crippen LogP contribution in [0, 0.1) is 5.92 Å². The highest BCUT2D eigenvalue weighted by Crippen LogP contribution is 2.40. The lowest BCUT2D eigenvalue weighted by molar-refractivity contribution is -0.0498. The maximum Gasteiger partial charge on any atom is 0.387 e. The van der Waals surface area contributed by atoms with Crippen molar-refractivity contribution in [1.29, 1.82) is 0 Å². The number of hydrogen-bond donors (Lipinski definition) is 3. The molecule has 2 aromatic rings. The Bertz CT molecular complexity index is 1050. The van der Waals surface area contributed by atoms with Gasteiger partial charge < -0.3 is 20.3 Å². The highest BCUT2D eigenvalue weighted by atomic mass is 35.5. The lowest BCUT2D eigenvalue weighted by Crippen LogP contribution is -2.45. The van der Waals surface area contributed by atoms with Gasteiger partial charge in [-0.25, -0.2) is 0 Å².